The Morgan fingerprint density at radius 1 is 1.35 bits per heavy atom. The third-order valence-electron chi connectivity index (χ3n) is 5.61. The van der Waals surface area contributed by atoms with Crippen molar-refractivity contribution < 1.29 is 28.6 Å². The summed E-state index contributed by atoms with van der Waals surface area (Å²) in [7, 11) is 1.53. The molecule has 1 aromatic carbocycles. The predicted molar refractivity (Wildman–Crippen MR) is 131 cm³/mol. The first-order chi connectivity index (χ1) is 17.7. The van der Waals surface area contributed by atoms with Crippen LogP contribution in [0.2, 0.25) is 0 Å². The molecule has 37 heavy (non-hydrogen) atoms. The van der Waals surface area contributed by atoms with Gasteiger partial charge >= 0.3 is 6.09 Å². The van der Waals surface area contributed by atoms with Crippen LogP contribution in [-0.2, 0) is 11.8 Å². The Hall–Kier alpha value is -4.33. The zero-order valence-electron chi connectivity index (χ0n) is 20.2. The van der Waals surface area contributed by atoms with Gasteiger partial charge in [0.25, 0.3) is 17.3 Å². The van der Waals surface area contributed by atoms with E-state index in [-0.39, 0.29) is 54.5 Å². The van der Waals surface area contributed by atoms with E-state index in [1.54, 1.807) is 0 Å². The van der Waals surface area contributed by atoms with Crippen molar-refractivity contribution in [3.63, 3.8) is 0 Å². The number of rotatable bonds is 10. The molecule has 1 atom stereocenters. The van der Waals surface area contributed by atoms with E-state index < -0.39 is 17.8 Å². The Morgan fingerprint density at radius 2 is 2.16 bits per heavy atom. The minimum atomic E-state index is -1.21. The maximum absolute atomic E-state index is 14.4. The average Bonchev–Trinajstić information content (AvgIpc) is 2.87. The number of nitrogens with zero attached hydrogens (tertiary/aromatic N) is 5. The first-order valence-electron chi connectivity index (χ1n) is 11.5. The van der Waals surface area contributed by atoms with Gasteiger partial charge in [0, 0.05) is 13.6 Å². The van der Waals surface area contributed by atoms with Crippen molar-refractivity contribution in [2.75, 3.05) is 43.1 Å². The number of aryl methyl sites for hydroxylation is 1. The van der Waals surface area contributed by atoms with Gasteiger partial charge in [0.15, 0.2) is 29.8 Å². The van der Waals surface area contributed by atoms with Gasteiger partial charge in [-0.15, -0.1) is 0 Å². The summed E-state index contributed by atoms with van der Waals surface area (Å²) in [4.78, 5) is 48.5. The van der Waals surface area contributed by atoms with Gasteiger partial charge in [-0.05, 0) is 37.6 Å². The topological polar surface area (TPSA) is 161 Å². The van der Waals surface area contributed by atoms with Crippen molar-refractivity contribution in [1.29, 1.82) is 0 Å². The number of halogens is 1. The summed E-state index contributed by atoms with van der Waals surface area (Å²) in [5.41, 5.74) is 0.375. The average molecular weight is 516 g/mol. The fourth-order valence-electron chi connectivity index (χ4n) is 3.78. The minimum absolute atomic E-state index is 0.0246. The Bertz CT molecular complexity index is 1380. The number of hydrogen-bond donors (Lipinski definition) is 3. The summed E-state index contributed by atoms with van der Waals surface area (Å²) >= 11 is 0. The zero-order chi connectivity index (χ0) is 26.5. The van der Waals surface area contributed by atoms with Gasteiger partial charge in [0.1, 0.15) is 5.52 Å². The maximum atomic E-state index is 14.4. The highest BCUT2D eigenvalue weighted by atomic mass is 19.1. The molecule has 2 amide bonds. The molecule has 0 aliphatic carbocycles. The number of fused-ring (bicyclic) bond motifs is 2. The molecule has 14 heteroatoms. The lowest BCUT2D eigenvalue weighted by molar-refractivity contribution is -0.118. The lowest BCUT2D eigenvalue weighted by Crippen LogP contribution is -2.38. The van der Waals surface area contributed by atoms with Crippen LogP contribution in [0.5, 0.6) is 11.6 Å². The van der Waals surface area contributed by atoms with Crippen LogP contribution >= 0.6 is 0 Å². The van der Waals surface area contributed by atoms with Crippen molar-refractivity contribution in [3.05, 3.63) is 40.7 Å². The largest absolute Gasteiger partial charge is 0.488 e. The molecule has 0 radical (unpaired) electrons. The second-order valence-corrected chi connectivity index (χ2v) is 8.52. The normalized spacial score (nSPS) is 13.4. The van der Waals surface area contributed by atoms with E-state index in [9.17, 15) is 23.9 Å². The second-order valence-electron chi connectivity index (χ2n) is 8.52. The number of anilines is 2. The smallest absolute Gasteiger partial charge is 0.413 e. The summed E-state index contributed by atoms with van der Waals surface area (Å²) in [6.45, 7) is 3.04. The second kappa shape index (κ2) is 11.2. The number of ether oxygens (including phenoxy) is 2. The van der Waals surface area contributed by atoms with Crippen molar-refractivity contribution in [1.82, 2.24) is 24.8 Å². The maximum Gasteiger partial charge on any atom is 0.413 e. The first kappa shape index (κ1) is 25.8. The van der Waals surface area contributed by atoms with Gasteiger partial charge in [0.2, 0.25) is 0 Å². The van der Waals surface area contributed by atoms with Crippen LogP contribution in [0, 0.1) is 11.7 Å². The zero-order valence-corrected chi connectivity index (χ0v) is 20.2. The number of amides is 2. The fourth-order valence-corrected chi connectivity index (χ4v) is 3.78. The lowest BCUT2D eigenvalue weighted by atomic mass is 10.1. The number of aromatic nitrogens is 4. The van der Waals surface area contributed by atoms with Crippen LogP contribution in [0.4, 0.5) is 20.8 Å². The third kappa shape index (κ3) is 5.91. The molecular weight excluding hydrogens is 489 g/mol. The molecule has 196 valence electrons. The van der Waals surface area contributed by atoms with E-state index in [4.69, 9.17) is 9.47 Å². The molecule has 0 bridgehead atoms. The number of hydrogen-bond acceptors (Lipinski definition) is 9. The summed E-state index contributed by atoms with van der Waals surface area (Å²) in [6.07, 6.45) is 1.78. The SMILES string of the molecule is C[C@@H](CNCCCOc1c(F)ccc2ncc(=O)n(C)c12)CN(C(=O)O)c1cnc2c(n1)NC(=O)CO2. The highest BCUT2D eigenvalue weighted by molar-refractivity contribution is 5.94. The van der Waals surface area contributed by atoms with Gasteiger partial charge in [-0.1, -0.05) is 6.92 Å². The van der Waals surface area contributed by atoms with Crippen molar-refractivity contribution in [2.45, 2.75) is 13.3 Å². The van der Waals surface area contributed by atoms with Crippen molar-refractivity contribution in [3.8, 4) is 11.6 Å². The minimum Gasteiger partial charge on any atom is -0.488 e. The molecule has 2 aromatic heterocycles. The monoisotopic (exact) mass is 515 g/mol. The lowest BCUT2D eigenvalue weighted by Gasteiger charge is -2.24. The van der Waals surface area contributed by atoms with Gasteiger partial charge in [-0.3, -0.25) is 14.5 Å². The summed E-state index contributed by atoms with van der Waals surface area (Å²) in [5.74, 6) is -0.830. The predicted octanol–water partition coefficient (Wildman–Crippen LogP) is 1.37. The molecule has 3 heterocycles. The molecule has 3 aromatic rings. The Balaban J connectivity index is 1.27. The molecular formula is C23H26FN7O6. The van der Waals surface area contributed by atoms with Crippen LogP contribution in [0.15, 0.2) is 29.3 Å². The van der Waals surface area contributed by atoms with E-state index in [0.29, 0.717) is 30.5 Å². The standard InChI is InChI=1S/C23H26FN7O6/c1-13(11-31(23(34)35)16-9-27-22-21(28-16)29-17(32)12-37-22)8-25-6-3-7-36-20-14(24)4-5-15-19(20)30(2)18(33)10-26-15/h4-5,9-10,13,25H,3,6-8,11-12H2,1-2H3,(H,34,35)(H,28,29,32)/t13-/m0/s1. The van der Waals surface area contributed by atoms with Gasteiger partial charge in [0.05, 0.1) is 24.5 Å². The Labute approximate surface area is 210 Å². The summed E-state index contributed by atoms with van der Waals surface area (Å²) in [5, 5.41) is 15.4. The molecule has 0 saturated heterocycles. The van der Waals surface area contributed by atoms with Crippen LogP contribution in [0.1, 0.15) is 13.3 Å². The number of carbonyl (C=O) groups excluding carboxylic acids is 1. The summed E-state index contributed by atoms with van der Waals surface area (Å²) in [6, 6.07) is 2.73. The van der Waals surface area contributed by atoms with E-state index in [1.807, 2.05) is 6.92 Å². The van der Waals surface area contributed by atoms with Crippen molar-refractivity contribution >= 4 is 34.7 Å². The highest BCUT2D eigenvalue weighted by Gasteiger charge is 2.24. The van der Waals surface area contributed by atoms with Gasteiger partial charge < -0.3 is 29.8 Å². The quantitative estimate of drug-likeness (QED) is 0.336. The molecule has 0 spiro atoms. The molecule has 1 aliphatic heterocycles. The molecule has 0 fully saturated rings. The van der Waals surface area contributed by atoms with Crippen LogP contribution in [0.3, 0.4) is 0 Å². The number of carboxylic acid groups (broad SMARTS) is 1. The van der Waals surface area contributed by atoms with Crippen LogP contribution in [-0.4, -0.2) is 69.5 Å². The highest BCUT2D eigenvalue weighted by Crippen LogP contribution is 2.27. The molecule has 3 N–H and O–H groups in total. The Kier molecular flexibility index (Phi) is 7.77. The van der Waals surface area contributed by atoms with E-state index in [1.165, 1.54) is 36.1 Å². The fraction of sp³-hybridized carbons (Fsp3) is 0.391. The molecule has 0 saturated carbocycles. The number of carbonyl (C=O) groups is 2. The van der Waals surface area contributed by atoms with Gasteiger partial charge in [-0.2, -0.15) is 0 Å². The van der Waals surface area contributed by atoms with Gasteiger partial charge in [-0.25, -0.2) is 24.1 Å². The molecule has 13 nitrogen and oxygen atoms in total. The van der Waals surface area contributed by atoms with E-state index >= 15 is 0 Å². The van der Waals surface area contributed by atoms with Crippen LogP contribution in [0.25, 0.3) is 11.0 Å². The van der Waals surface area contributed by atoms with Crippen LogP contribution < -0.4 is 30.6 Å². The molecule has 0 unspecified atom stereocenters. The number of nitrogens with one attached hydrogen (secondary N) is 2. The number of benzene rings is 1. The van der Waals surface area contributed by atoms with E-state index in [0.717, 1.165) is 4.90 Å². The first-order valence-corrected chi connectivity index (χ1v) is 11.5. The molecule has 1 aliphatic rings. The Morgan fingerprint density at radius 3 is 2.95 bits per heavy atom. The summed E-state index contributed by atoms with van der Waals surface area (Å²) < 4.78 is 26.5. The van der Waals surface area contributed by atoms with Crippen molar-refractivity contribution in [2.24, 2.45) is 13.0 Å². The van der Waals surface area contributed by atoms with E-state index in [2.05, 4.69) is 25.6 Å². The third-order valence-corrected chi connectivity index (χ3v) is 5.61. The molecule has 4 rings (SSSR count).